The van der Waals surface area contributed by atoms with Crippen LogP contribution in [0.5, 0.6) is 11.5 Å². The highest BCUT2D eigenvalue weighted by Gasteiger charge is 2.12. The van der Waals surface area contributed by atoms with Gasteiger partial charge in [0.15, 0.2) is 11.5 Å². The van der Waals surface area contributed by atoms with Gasteiger partial charge in [-0.3, -0.25) is 0 Å². The Morgan fingerprint density at radius 1 is 1.04 bits per heavy atom. The Labute approximate surface area is 180 Å². The summed E-state index contributed by atoms with van der Waals surface area (Å²) in [5, 5.41) is 3.83. The molecule has 154 valence electrons. The van der Waals surface area contributed by atoms with E-state index in [1.54, 1.807) is 13.2 Å². The van der Waals surface area contributed by atoms with E-state index in [1.165, 1.54) is 44.2 Å². The van der Waals surface area contributed by atoms with Crippen molar-refractivity contribution in [3.63, 3.8) is 0 Å². The third-order valence-corrected chi connectivity index (χ3v) is 5.59. The lowest BCUT2D eigenvalue weighted by Gasteiger charge is -2.15. The van der Waals surface area contributed by atoms with Crippen LogP contribution in [0.1, 0.15) is 50.2 Å². The van der Waals surface area contributed by atoms with E-state index in [4.69, 9.17) is 21.1 Å². The van der Waals surface area contributed by atoms with E-state index in [0.29, 0.717) is 16.5 Å². The van der Waals surface area contributed by atoms with Crippen LogP contribution in [-0.4, -0.2) is 13.7 Å². The van der Waals surface area contributed by atoms with Gasteiger partial charge >= 0.3 is 0 Å². The van der Waals surface area contributed by atoms with Crippen LogP contribution in [0, 0.1) is 5.82 Å². The van der Waals surface area contributed by atoms with Gasteiger partial charge in [-0.1, -0.05) is 66.2 Å². The molecule has 0 aliphatic heterocycles. The van der Waals surface area contributed by atoms with Crippen LogP contribution in [0.25, 0.3) is 0 Å². The Balaban J connectivity index is 1.92. The van der Waals surface area contributed by atoms with Gasteiger partial charge in [0.05, 0.1) is 12.1 Å². The number of ether oxygens (including phenoxy) is 2. The van der Waals surface area contributed by atoms with E-state index in [2.05, 4.69) is 28.2 Å². The van der Waals surface area contributed by atoms with Crippen LogP contribution in [0.2, 0.25) is 5.02 Å². The number of halogens is 3. The fourth-order valence-electron chi connectivity index (χ4n) is 2.86. The standard InChI is InChI=1S/C22H28BrClFNO2/c1-3-4-5-6-7-10-26-14-17-11-21(27-2)22(13-19(17)23)28-15-16-8-9-18(25)12-20(16)24/h8-9,11-13,26H,3-7,10,14-15H2,1-2H3. The van der Waals surface area contributed by atoms with Crippen molar-refractivity contribution in [3.8, 4) is 11.5 Å². The Hall–Kier alpha value is -1.30. The molecule has 0 amide bonds. The second-order valence-corrected chi connectivity index (χ2v) is 7.97. The van der Waals surface area contributed by atoms with Gasteiger partial charge in [0.2, 0.25) is 0 Å². The van der Waals surface area contributed by atoms with Crippen molar-refractivity contribution in [2.75, 3.05) is 13.7 Å². The summed E-state index contributed by atoms with van der Waals surface area (Å²) in [5.74, 6) is 0.899. The zero-order chi connectivity index (χ0) is 20.4. The molecule has 0 aromatic heterocycles. The molecular weight excluding hydrogens is 445 g/mol. The van der Waals surface area contributed by atoms with Gasteiger partial charge in [0.1, 0.15) is 12.4 Å². The Morgan fingerprint density at radius 2 is 1.82 bits per heavy atom. The van der Waals surface area contributed by atoms with Crippen molar-refractivity contribution < 1.29 is 13.9 Å². The van der Waals surface area contributed by atoms with E-state index in [9.17, 15) is 4.39 Å². The molecule has 0 bridgehead atoms. The molecule has 0 spiro atoms. The van der Waals surface area contributed by atoms with Crippen molar-refractivity contribution >= 4 is 27.5 Å². The average Bonchev–Trinajstić information content (AvgIpc) is 2.67. The fourth-order valence-corrected chi connectivity index (χ4v) is 3.54. The van der Waals surface area contributed by atoms with Crippen molar-refractivity contribution in [2.45, 2.75) is 52.2 Å². The number of hydrogen-bond donors (Lipinski definition) is 1. The van der Waals surface area contributed by atoms with Crippen LogP contribution in [-0.2, 0) is 13.2 Å². The monoisotopic (exact) mass is 471 g/mol. The lowest BCUT2D eigenvalue weighted by Crippen LogP contribution is -2.15. The predicted octanol–water partition coefficient (Wildman–Crippen LogP) is 6.89. The predicted molar refractivity (Wildman–Crippen MR) is 117 cm³/mol. The maximum atomic E-state index is 13.2. The van der Waals surface area contributed by atoms with E-state index < -0.39 is 0 Å². The zero-order valence-corrected chi connectivity index (χ0v) is 18.8. The maximum Gasteiger partial charge on any atom is 0.162 e. The molecule has 0 heterocycles. The topological polar surface area (TPSA) is 30.5 Å². The van der Waals surface area contributed by atoms with Gasteiger partial charge in [0, 0.05) is 16.6 Å². The minimum Gasteiger partial charge on any atom is -0.493 e. The number of rotatable bonds is 12. The molecule has 2 rings (SSSR count). The van der Waals surface area contributed by atoms with Gasteiger partial charge in [-0.2, -0.15) is 0 Å². The molecule has 28 heavy (non-hydrogen) atoms. The van der Waals surface area contributed by atoms with E-state index >= 15 is 0 Å². The van der Waals surface area contributed by atoms with E-state index in [0.717, 1.165) is 28.7 Å². The van der Waals surface area contributed by atoms with Crippen molar-refractivity contribution in [1.29, 1.82) is 0 Å². The lowest BCUT2D eigenvalue weighted by molar-refractivity contribution is 0.284. The summed E-state index contributed by atoms with van der Waals surface area (Å²) in [7, 11) is 1.62. The fraction of sp³-hybridized carbons (Fsp3) is 0.455. The highest BCUT2D eigenvalue weighted by molar-refractivity contribution is 9.10. The van der Waals surface area contributed by atoms with E-state index in [-0.39, 0.29) is 12.4 Å². The lowest BCUT2D eigenvalue weighted by atomic mass is 10.1. The van der Waals surface area contributed by atoms with Crippen LogP contribution in [0.15, 0.2) is 34.8 Å². The third kappa shape index (κ3) is 7.26. The number of methoxy groups -OCH3 is 1. The number of unbranched alkanes of at least 4 members (excludes halogenated alkanes) is 4. The molecule has 0 saturated heterocycles. The molecule has 0 aliphatic carbocycles. The summed E-state index contributed by atoms with van der Waals surface area (Å²) in [6.07, 6.45) is 6.34. The van der Waals surface area contributed by atoms with Crippen LogP contribution < -0.4 is 14.8 Å². The van der Waals surface area contributed by atoms with Crippen LogP contribution in [0.4, 0.5) is 4.39 Å². The normalized spacial score (nSPS) is 10.9. The molecule has 0 aliphatic rings. The minimum absolute atomic E-state index is 0.233. The van der Waals surface area contributed by atoms with Gasteiger partial charge in [-0.25, -0.2) is 4.39 Å². The highest BCUT2D eigenvalue weighted by atomic mass is 79.9. The van der Waals surface area contributed by atoms with Crippen molar-refractivity contribution in [2.24, 2.45) is 0 Å². The van der Waals surface area contributed by atoms with Crippen LogP contribution >= 0.6 is 27.5 Å². The Morgan fingerprint density at radius 3 is 2.54 bits per heavy atom. The largest absolute Gasteiger partial charge is 0.493 e. The van der Waals surface area contributed by atoms with Gasteiger partial charge in [0.25, 0.3) is 0 Å². The molecule has 3 nitrogen and oxygen atoms in total. The average molecular weight is 473 g/mol. The summed E-state index contributed by atoms with van der Waals surface area (Å²) in [6.45, 7) is 4.22. The number of benzene rings is 2. The summed E-state index contributed by atoms with van der Waals surface area (Å²) >= 11 is 9.68. The van der Waals surface area contributed by atoms with Crippen molar-refractivity contribution in [3.05, 3.63) is 56.8 Å². The quantitative estimate of drug-likeness (QED) is 0.341. The number of hydrogen-bond acceptors (Lipinski definition) is 3. The summed E-state index contributed by atoms with van der Waals surface area (Å²) in [4.78, 5) is 0. The molecule has 0 unspecified atom stereocenters. The molecule has 1 N–H and O–H groups in total. The number of nitrogens with one attached hydrogen (secondary N) is 1. The smallest absolute Gasteiger partial charge is 0.162 e. The second kappa shape index (κ2) is 12.3. The minimum atomic E-state index is -0.365. The summed E-state index contributed by atoms with van der Waals surface area (Å²) in [5.41, 5.74) is 1.83. The molecule has 0 radical (unpaired) electrons. The molecule has 2 aromatic rings. The summed E-state index contributed by atoms with van der Waals surface area (Å²) < 4.78 is 25.5. The SMILES string of the molecule is CCCCCCCNCc1cc(OC)c(OCc2ccc(F)cc2Cl)cc1Br. The molecule has 0 fully saturated rings. The second-order valence-electron chi connectivity index (χ2n) is 6.71. The third-order valence-electron chi connectivity index (χ3n) is 4.50. The Bertz CT molecular complexity index is 758. The molecule has 0 atom stereocenters. The van der Waals surface area contributed by atoms with E-state index in [1.807, 2.05) is 12.1 Å². The first-order valence-corrected chi connectivity index (χ1v) is 10.9. The maximum absolute atomic E-state index is 13.2. The van der Waals surface area contributed by atoms with Gasteiger partial charge in [-0.05, 0) is 42.8 Å². The Kier molecular flexibility index (Phi) is 10.1. The first-order chi connectivity index (χ1) is 13.5. The molecular formula is C22H28BrClFNO2. The summed E-state index contributed by atoms with van der Waals surface area (Å²) in [6, 6.07) is 8.14. The highest BCUT2D eigenvalue weighted by Crippen LogP contribution is 2.34. The molecule has 0 saturated carbocycles. The molecule has 6 heteroatoms. The zero-order valence-electron chi connectivity index (χ0n) is 16.5. The first-order valence-electron chi connectivity index (χ1n) is 9.69. The van der Waals surface area contributed by atoms with Crippen molar-refractivity contribution in [1.82, 2.24) is 5.32 Å². The van der Waals surface area contributed by atoms with Gasteiger partial charge in [-0.15, -0.1) is 0 Å². The molecule has 2 aromatic carbocycles. The van der Waals surface area contributed by atoms with Crippen LogP contribution in [0.3, 0.4) is 0 Å². The first kappa shape index (κ1) is 23.0. The van der Waals surface area contributed by atoms with Gasteiger partial charge < -0.3 is 14.8 Å².